The van der Waals surface area contributed by atoms with Crippen molar-refractivity contribution in [3.63, 3.8) is 0 Å². The Balaban J connectivity index is 2.29. The molecule has 0 saturated heterocycles. The Morgan fingerprint density at radius 3 is 3.12 bits per heavy atom. The molecular weight excluding hydrogens is 212 g/mol. The number of nitrogens with zero attached hydrogens (tertiary/aromatic N) is 3. The molecule has 8 heteroatoms. The van der Waals surface area contributed by atoms with E-state index < -0.39 is 0 Å². The summed E-state index contributed by atoms with van der Waals surface area (Å²) in [5, 5.41) is 15.9. The number of aromatic amines is 1. The molecule has 2 aromatic rings. The first-order valence-corrected chi connectivity index (χ1v) is 4.76. The van der Waals surface area contributed by atoms with Gasteiger partial charge in [0.05, 0.1) is 12.8 Å². The molecule has 2 rings (SSSR count). The van der Waals surface area contributed by atoms with Crippen molar-refractivity contribution in [1.82, 2.24) is 20.2 Å². The highest BCUT2D eigenvalue weighted by molar-refractivity contribution is 5.80. The van der Waals surface area contributed by atoms with Crippen LogP contribution in [-0.2, 0) is 0 Å². The Kier molecular flexibility index (Phi) is 3.13. The van der Waals surface area contributed by atoms with Crippen LogP contribution in [0.1, 0.15) is 6.42 Å². The predicted octanol–water partition coefficient (Wildman–Crippen LogP) is -0.600. The minimum Gasteiger partial charge on any atom is -0.477 e. The number of anilines is 1. The van der Waals surface area contributed by atoms with Crippen LogP contribution < -0.4 is 16.0 Å². The van der Waals surface area contributed by atoms with Gasteiger partial charge in [-0.15, -0.1) is 0 Å². The Bertz CT molecular complexity index is 470. The average molecular weight is 224 g/mol. The average Bonchev–Trinajstić information content (AvgIpc) is 2.77. The molecule has 0 fully saturated rings. The highest BCUT2D eigenvalue weighted by Gasteiger charge is 2.09. The van der Waals surface area contributed by atoms with Crippen LogP contribution in [0.4, 0.5) is 5.95 Å². The molecule has 0 aliphatic rings. The molecule has 0 radical (unpaired) electrons. The summed E-state index contributed by atoms with van der Waals surface area (Å²) in [6.07, 6.45) is 2.11. The Morgan fingerprint density at radius 1 is 1.50 bits per heavy atom. The highest BCUT2D eigenvalue weighted by atomic mass is 16.5. The largest absolute Gasteiger partial charge is 0.477 e. The molecule has 2 aromatic heterocycles. The van der Waals surface area contributed by atoms with Crippen molar-refractivity contribution in [2.75, 3.05) is 18.6 Å². The number of nitrogen functional groups attached to an aromatic ring is 1. The molecule has 0 aliphatic heterocycles. The van der Waals surface area contributed by atoms with Crippen molar-refractivity contribution in [2.45, 2.75) is 6.42 Å². The summed E-state index contributed by atoms with van der Waals surface area (Å²) in [5.41, 5.74) is 2.88. The minimum absolute atomic E-state index is 0.0710. The fraction of sp³-hybridized carbons (Fsp3) is 0.375. The van der Waals surface area contributed by atoms with Gasteiger partial charge in [-0.05, 0) is 0 Å². The van der Waals surface area contributed by atoms with E-state index in [0.717, 1.165) is 0 Å². The SMILES string of the molecule is NNc1nc(OCCCO)c2cn[nH]c2n1. The molecule has 2 heterocycles. The smallest absolute Gasteiger partial charge is 0.242 e. The molecule has 0 saturated carbocycles. The first-order valence-electron chi connectivity index (χ1n) is 4.76. The first kappa shape index (κ1) is 10.6. The number of rotatable bonds is 5. The van der Waals surface area contributed by atoms with Crippen LogP contribution in [0.2, 0.25) is 0 Å². The van der Waals surface area contributed by atoms with Gasteiger partial charge in [0.15, 0.2) is 5.65 Å². The number of hydrogen-bond donors (Lipinski definition) is 4. The van der Waals surface area contributed by atoms with Crippen LogP contribution in [-0.4, -0.2) is 38.5 Å². The van der Waals surface area contributed by atoms with Gasteiger partial charge in [0.2, 0.25) is 11.8 Å². The van der Waals surface area contributed by atoms with Crippen molar-refractivity contribution in [3.05, 3.63) is 6.20 Å². The third-order valence-corrected chi connectivity index (χ3v) is 1.95. The van der Waals surface area contributed by atoms with Gasteiger partial charge in [-0.3, -0.25) is 10.5 Å². The first-order chi connectivity index (χ1) is 7.85. The van der Waals surface area contributed by atoms with E-state index in [1.807, 2.05) is 0 Å². The molecular formula is C8H12N6O2. The minimum atomic E-state index is 0.0710. The Morgan fingerprint density at radius 2 is 2.38 bits per heavy atom. The molecule has 0 amide bonds. The summed E-state index contributed by atoms with van der Waals surface area (Å²) in [7, 11) is 0. The second kappa shape index (κ2) is 4.73. The van der Waals surface area contributed by atoms with Crippen molar-refractivity contribution in [1.29, 1.82) is 0 Å². The molecule has 86 valence electrons. The second-order valence-corrected chi connectivity index (χ2v) is 3.05. The van der Waals surface area contributed by atoms with Crippen LogP contribution >= 0.6 is 0 Å². The molecule has 0 spiro atoms. The van der Waals surface area contributed by atoms with E-state index in [-0.39, 0.29) is 12.6 Å². The molecule has 0 atom stereocenters. The highest BCUT2D eigenvalue weighted by Crippen LogP contribution is 2.21. The number of hydrazine groups is 1. The molecule has 8 nitrogen and oxygen atoms in total. The number of fused-ring (bicyclic) bond motifs is 1. The summed E-state index contributed by atoms with van der Waals surface area (Å²) in [5.74, 6) is 5.86. The summed E-state index contributed by atoms with van der Waals surface area (Å²) >= 11 is 0. The van der Waals surface area contributed by atoms with Crippen LogP contribution in [0.3, 0.4) is 0 Å². The van der Waals surface area contributed by atoms with Crippen LogP contribution in [0.5, 0.6) is 5.88 Å². The molecule has 16 heavy (non-hydrogen) atoms. The van der Waals surface area contributed by atoms with Crippen LogP contribution in [0.15, 0.2) is 6.20 Å². The quantitative estimate of drug-likeness (QED) is 0.304. The normalized spacial score (nSPS) is 10.6. The third kappa shape index (κ3) is 2.02. The Labute approximate surface area is 90.8 Å². The van der Waals surface area contributed by atoms with E-state index in [9.17, 15) is 0 Å². The van der Waals surface area contributed by atoms with Gasteiger partial charge in [0.1, 0.15) is 5.39 Å². The third-order valence-electron chi connectivity index (χ3n) is 1.95. The lowest BCUT2D eigenvalue weighted by Crippen LogP contribution is -2.11. The number of nitrogens with one attached hydrogen (secondary N) is 2. The van der Waals surface area contributed by atoms with Gasteiger partial charge in [0, 0.05) is 13.0 Å². The van der Waals surface area contributed by atoms with E-state index >= 15 is 0 Å². The summed E-state index contributed by atoms with van der Waals surface area (Å²) < 4.78 is 5.39. The number of aliphatic hydroxyl groups is 1. The number of hydrogen-bond acceptors (Lipinski definition) is 7. The van der Waals surface area contributed by atoms with Crippen molar-refractivity contribution < 1.29 is 9.84 Å². The Hall–Kier alpha value is -1.93. The molecule has 0 bridgehead atoms. The van der Waals surface area contributed by atoms with Crippen molar-refractivity contribution >= 4 is 17.0 Å². The van der Waals surface area contributed by atoms with Gasteiger partial charge in [-0.25, -0.2) is 5.84 Å². The zero-order chi connectivity index (χ0) is 11.4. The second-order valence-electron chi connectivity index (χ2n) is 3.05. The van der Waals surface area contributed by atoms with Gasteiger partial charge < -0.3 is 9.84 Å². The standard InChI is InChI=1S/C8H12N6O2/c9-13-8-11-6-5(4-10-14-6)7(12-8)16-3-1-2-15/h4,15H,1-3,9H2,(H2,10,11,12,13,14). The maximum atomic E-state index is 8.65. The van der Waals surface area contributed by atoms with E-state index in [1.54, 1.807) is 6.20 Å². The van der Waals surface area contributed by atoms with Crippen LogP contribution in [0.25, 0.3) is 11.0 Å². The van der Waals surface area contributed by atoms with Crippen molar-refractivity contribution in [3.8, 4) is 5.88 Å². The lowest BCUT2D eigenvalue weighted by atomic mass is 10.4. The maximum Gasteiger partial charge on any atom is 0.242 e. The lowest BCUT2D eigenvalue weighted by Gasteiger charge is -2.06. The summed E-state index contributed by atoms with van der Waals surface area (Å²) in [6, 6.07) is 0. The summed E-state index contributed by atoms with van der Waals surface area (Å²) in [6.45, 7) is 0.444. The number of aromatic nitrogens is 4. The maximum absolute atomic E-state index is 8.65. The zero-order valence-corrected chi connectivity index (χ0v) is 8.47. The van der Waals surface area contributed by atoms with Gasteiger partial charge in [-0.1, -0.05) is 0 Å². The molecule has 5 N–H and O–H groups in total. The van der Waals surface area contributed by atoms with E-state index in [0.29, 0.717) is 29.9 Å². The fourth-order valence-electron chi connectivity index (χ4n) is 1.22. The van der Waals surface area contributed by atoms with Crippen LogP contribution in [0, 0.1) is 0 Å². The van der Waals surface area contributed by atoms with Crippen molar-refractivity contribution in [2.24, 2.45) is 5.84 Å². The van der Waals surface area contributed by atoms with E-state index in [2.05, 4.69) is 25.6 Å². The fourth-order valence-corrected chi connectivity index (χ4v) is 1.22. The molecule has 0 aliphatic carbocycles. The predicted molar refractivity (Wildman–Crippen MR) is 56.7 cm³/mol. The monoisotopic (exact) mass is 224 g/mol. The lowest BCUT2D eigenvalue weighted by molar-refractivity contribution is 0.231. The topological polar surface area (TPSA) is 122 Å². The van der Waals surface area contributed by atoms with Gasteiger partial charge >= 0.3 is 0 Å². The zero-order valence-electron chi connectivity index (χ0n) is 8.47. The van der Waals surface area contributed by atoms with E-state index in [1.165, 1.54) is 0 Å². The number of ether oxygens (including phenoxy) is 1. The number of aliphatic hydroxyl groups excluding tert-OH is 1. The summed E-state index contributed by atoms with van der Waals surface area (Å²) in [4.78, 5) is 8.10. The van der Waals surface area contributed by atoms with Gasteiger partial charge in [0.25, 0.3) is 0 Å². The molecule has 0 unspecified atom stereocenters. The van der Waals surface area contributed by atoms with E-state index in [4.69, 9.17) is 15.7 Å². The van der Waals surface area contributed by atoms with Gasteiger partial charge in [-0.2, -0.15) is 15.1 Å². The number of nitrogens with two attached hydrogens (primary N) is 1. The number of H-pyrrole nitrogens is 1. The molecule has 0 aromatic carbocycles.